The van der Waals surface area contributed by atoms with E-state index in [1.54, 1.807) is 31.9 Å². The number of aryl methyl sites for hydroxylation is 2. The van der Waals surface area contributed by atoms with Crippen LogP contribution in [-0.2, 0) is 56.0 Å². The lowest BCUT2D eigenvalue weighted by atomic mass is 9.83. The van der Waals surface area contributed by atoms with Crippen molar-refractivity contribution in [1.82, 2.24) is 25.5 Å². The summed E-state index contributed by atoms with van der Waals surface area (Å²) in [5.74, 6) is -3.83. The number of nitrogens with two attached hydrogens (primary N) is 1. The third-order valence-electron chi connectivity index (χ3n) is 11.1. The Labute approximate surface area is 361 Å². The molecule has 340 valence electrons. The van der Waals surface area contributed by atoms with Gasteiger partial charge in [-0.15, -0.1) is 5.06 Å². The molecule has 1 aromatic carbocycles. The average molecular weight is 855 g/mol. The molecule has 16 nitrogen and oxygen atoms in total. The summed E-state index contributed by atoms with van der Waals surface area (Å²) < 4.78 is 5.32. The smallest absolute Gasteiger partial charge is 0.410 e. The zero-order chi connectivity index (χ0) is 45.1. The van der Waals surface area contributed by atoms with E-state index in [4.69, 9.17) is 15.3 Å². The maximum Gasteiger partial charge on any atom is 0.410 e. The summed E-state index contributed by atoms with van der Waals surface area (Å²) in [6, 6.07) is 6.40. The van der Waals surface area contributed by atoms with Gasteiger partial charge in [-0.2, -0.15) is 0 Å². The monoisotopic (exact) mass is 855 g/mol. The van der Waals surface area contributed by atoms with Crippen molar-refractivity contribution in [3.05, 3.63) is 35.4 Å². The van der Waals surface area contributed by atoms with E-state index in [0.717, 1.165) is 24.2 Å². The van der Waals surface area contributed by atoms with E-state index < -0.39 is 65.3 Å². The van der Waals surface area contributed by atoms with Crippen LogP contribution in [0.5, 0.6) is 0 Å². The highest BCUT2D eigenvalue weighted by molar-refractivity contribution is 6.01. The Morgan fingerprint density at radius 1 is 0.820 bits per heavy atom. The molecule has 7 amide bonds. The summed E-state index contributed by atoms with van der Waals surface area (Å²) >= 11 is 0. The second-order valence-corrected chi connectivity index (χ2v) is 17.1. The molecule has 2 saturated heterocycles. The summed E-state index contributed by atoms with van der Waals surface area (Å²) in [5.41, 5.74) is 8.11. The van der Waals surface area contributed by atoms with Gasteiger partial charge in [-0.05, 0) is 95.6 Å². The number of hydrogen-bond acceptors (Lipinski definition) is 10. The van der Waals surface area contributed by atoms with Crippen molar-refractivity contribution in [3.8, 4) is 0 Å². The maximum absolute atomic E-state index is 14.0. The molecular formula is C45H70N6O10. The molecule has 4 N–H and O–H groups in total. The number of carbonyl (C=O) groups excluding carboxylic acids is 8. The quantitative estimate of drug-likeness (QED) is 0.158. The molecule has 16 heteroatoms. The Morgan fingerprint density at radius 3 is 1.95 bits per heavy atom. The lowest BCUT2D eigenvalue weighted by molar-refractivity contribution is -0.197. The van der Waals surface area contributed by atoms with Gasteiger partial charge in [-0.25, -0.2) is 9.59 Å². The first-order chi connectivity index (χ1) is 29.0. The van der Waals surface area contributed by atoms with E-state index in [1.807, 2.05) is 13.8 Å². The highest BCUT2D eigenvalue weighted by Gasteiger charge is 2.44. The topological polar surface area (TPSA) is 215 Å². The molecule has 0 aromatic heterocycles. The number of nitrogens with one attached hydrogen (secondary N) is 2. The predicted octanol–water partition coefficient (Wildman–Crippen LogP) is 5.03. The van der Waals surface area contributed by atoms with Gasteiger partial charge in [-0.1, -0.05) is 70.2 Å². The van der Waals surface area contributed by atoms with E-state index in [9.17, 15) is 38.4 Å². The molecule has 3 fully saturated rings. The van der Waals surface area contributed by atoms with Crippen LogP contribution in [0.1, 0.15) is 148 Å². The molecule has 3 atom stereocenters. The molecule has 4 aliphatic rings. The van der Waals surface area contributed by atoms with Crippen molar-refractivity contribution < 1.29 is 47.9 Å². The van der Waals surface area contributed by atoms with Crippen LogP contribution in [0.3, 0.4) is 0 Å². The Balaban J connectivity index is 0.000000706. The highest BCUT2D eigenvalue weighted by atomic mass is 16.7. The van der Waals surface area contributed by atoms with Gasteiger partial charge in [-0.3, -0.25) is 28.8 Å². The van der Waals surface area contributed by atoms with Crippen LogP contribution in [0.4, 0.5) is 4.79 Å². The van der Waals surface area contributed by atoms with Crippen LogP contribution < -0.4 is 16.4 Å². The number of benzene rings is 1. The van der Waals surface area contributed by atoms with Gasteiger partial charge in [0.15, 0.2) is 0 Å². The van der Waals surface area contributed by atoms with Crippen LogP contribution in [0, 0.1) is 5.92 Å². The van der Waals surface area contributed by atoms with E-state index in [2.05, 4.69) is 34.9 Å². The standard InChI is InChI=1S/C33H52N6O10.C10H12.C2H6/c1-33(2,3)48-32(47)37(4)20-25(41)36-29(21-12-8-7-9-13-21)31(46)38-19-22(18-23(38)30(34)45)35-24(40)14-10-5-6-11-15-28(44)49-39-26(42)16-17-27(39)43;1-2-6-10-8-4-3-7-9(10)5-1;1-2/h21-23,29H,5-20H2,1-4H3,(H2,34,45)(H,35,40)(H,36,41);1-2,5-6H,3-4,7-8H2;1-2H3. The summed E-state index contributed by atoms with van der Waals surface area (Å²) in [4.78, 5) is 107. The van der Waals surface area contributed by atoms with Gasteiger partial charge < -0.3 is 35.7 Å². The van der Waals surface area contributed by atoms with Crippen LogP contribution in [0.2, 0.25) is 0 Å². The maximum atomic E-state index is 14.0. The zero-order valence-corrected chi connectivity index (χ0v) is 37.3. The molecule has 1 saturated carbocycles. The highest BCUT2D eigenvalue weighted by Crippen LogP contribution is 2.30. The second-order valence-electron chi connectivity index (χ2n) is 17.1. The number of hydrogen-bond donors (Lipinski definition) is 3. The Hall–Kier alpha value is -5.02. The lowest BCUT2D eigenvalue weighted by Crippen LogP contribution is -2.57. The summed E-state index contributed by atoms with van der Waals surface area (Å²) in [6.45, 7) is 8.88. The first-order valence-electron chi connectivity index (χ1n) is 22.3. The molecular weight excluding hydrogens is 785 g/mol. The number of amides is 7. The average Bonchev–Trinajstić information content (AvgIpc) is 3.80. The minimum absolute atomic E-state index is 0.0302. The van der Waals surface area contributed by atoms with Crippen LogP contribution in [-0.4, -0.2) is 106 Å². The largest absolute Gasteiger partial charge is 0.444 e. The summed E-state index contributed by atoms with van der Waals surface area (Å²) in [6.07, 6.45) is 11.6. The number of hydroxylamine groups is 2. The van der Waals surface area contributed by atoms with Gasteiger partial charge in [0.1, 0.15) is 24.2 Å². The molecule has 3 unspecified atom stereocenters. The minimum atomic E-state index is -0.962. The molecule has 61 heavy (non-hydrogen) atoms. The van der Waals surface area contributed by atoms with Crippen molar-refractivity contribution >= 4 is 47.5 Å². The third kappa shape index (κ3) is 16.8. The van der Waals surface area contributed by atoms with Gasteiger partial charge in [0.2, 0.25) is 23.6 Å². The van der Waals surface area contributed by atoms with Gasteiger partial charge in [0.05, 0.1) is 0 Å². The Kier molecular flexibility index (Phi) is 20.7. The van der Waals surface area contributed by atoms with E-state index in [-0.39, 0.29) is 57.0 Å². The number of primary amides is 1. The second kappa shape index (κ2) is 25.0. The number of likely N-dealkylation sites (tertiary alicyclic amines) is 1. The fourth-order valence-electron chi connectivity index (χ4n) is 8.01. The molecule has 0 radical (unpaired) electrons. The van der Waals surface area contributed by atoms with Crippen molar-refractivity contribution in [2.75, 3.05) is 20.1 Å². The number of carbonyl (C=O) groups is 8. The van der Waals surface area contributed by atoms with Gasteiger partial charge >= 0.3 is 12.1 Å². The number of likely N-dealkylation sites (N-methyl/N-ethyl adjacent to an activating group) is 1. The van der Waals surface area contributed by atoms with E-state index >= 15 is 0 Å². The summed E-state index contributed by atoms with van der Waals surface area (Å²) in [5, 5.41) is 6.23. The number of imide groups is 1. The van der Waals surface area contributed by atoms with Gasteiger partial charge in [0.25, 0.3) is 11.8 Å². The SMILES string of the molecule is CC.CN(CC(=O)NC(C(=O)N1CC(NC(=O)CCCCCCC(=O)ON2C(=O)CCC2=O)CC1C(N)=O)C1CCCCC1)C(=O)OC(C)(C)C.c1ccc2c(c1)CCCC2. The fourth-order valence-corrected chi connectivity index (χ4v) is 8.01. The predicted molar refractivity (Wildman–Crippen MR) is 228 cm³/mol. The number of rotatable bonds is 15. The minimum Gasteiger partial charge on any atom is -0.444 e. The van der Waals surface area contributed by atoms with Crippen LogP contribution >= 0.6 is 0 Å². The fraction of sp³-hybridized carbons (Fsp3) is 0.689. The van der Waals surface area contributed by atoms with Crippen LogP contribution in [0.25, 0.3) is 0 Å². The molecule has 2 aliphatic carbocycles. The van der Waals surface area contributed by atoms with E-state index in [1.165, 1.54) is 37.6 Å². The van der Waals surface area contributed by atoms with Crippen molar-refractivity contribution in [2.45, 2.75) is 174 Å². The van der Waals surface area contributed by atoms with E-state index in [0.29, 0.717) is 43.6 Å². The Morgan fingerprint density at radius 2 is 1.39 bits per heavy atom. The molecule has 0 spiro atoms. The van der Waals surface area contributed by atoms with Crippen molar-refractivity contribution in [2.24, 2.45) is 11.7 Å². The molecule has 1 aromatic rings. The first-order valence-corrected chi connectivity index (χ1v) is 22.3. The first kappa shape index (κ1) is 50.3. The van der Waals surface area contributed by atoms with Crippen LogP contribution in [0.15, 0.2) is 24.3 Å². The molecule has 5 rings (SSSR count). The molecule has 0 bridgehead atoms. The Bertz CT molecular complexity index is 1630. The third-order valence-corrected chi connectivity index (χ3v) is 11.1. The zero-order valence-electron chi connectivity index (χ0n) is 37.3. The molecule has 2 heterocycles. The van der Waals surface area contributed by atoms with Crippen molar-refractivity contribution in [1.29, 1.82) is 0 Å². The number of fused-ring (bicyclic) bond motifs is 1. The number of unbranched alkanes of at least 4 members (excludes halogenated alkanes) is 3. The number of nitrogens with zero attached hydrogens (tertiary/aromatic N) is 3. The normalized spacial score (nSPS) is 19.2. The number of ether oxygens (including phenoxy) is 1. The lowest BCUT2D eigenvalue weighted by Gasteiger charge is -2.34. The van der Waals surface area contributed by atoms with Crippen molar-refractivity contribution in [3.63, 3.8) is 0 Å². The van der Waals surface area contributed by atoms with Gasteiger partial charge in [0, 0.05) is 45.3 Å². The summed E-state index contributed by atoms with van der Waals surface area (Å²) in [7, 11) is 1.43. The molecule has 2 aliphatic heterocycles.